The van der Waals surface area contributed by atoms with Gasteiger partial charge in [-0.2, -0.15) is 5.10 Å². The number of benzene rings is 1. The summed E-state index contributed by atoms with van der Waals surface area (Å²) in [6, 6.07) is 7.52. The summed E-state index contributed by atoms with van der Waals surface area (Å²) in [4.78, 5) is 22.1. The second kappa shape index (κ2) is 8.89. The van der Waals surface area contributed by atoms with Crippen molar-refractivity contribution in [2.75, 3.05) is 51.4 Å². The summed E-state index contributed by atoms with van der Waals surface area (Å²) in [7, 11) is 1.64. The molecule has 0 spiro atoms. The number of fused-ring (bicyclic) bond motifs is 1. The Balaban J connectivity index is 1.62. The first-order valence-corrected chi connectivity index (χ1v) is 10.6. The lowest BCUT2D eigenvalue weighted by molar-refractivity contribution is 0.0391. The molecule has 0 radical (unpaired) electrons. The van der Waals surface area contributed by atoms with Gasteiger partial charge in [-0.25, -0.2) is 4.98 Å². The molecule has 2 aromatic heterocycles. The average molecular weight is 416 g/mol. The van der Waals surface area contributed by atoms with E-state index < -0.39 is 0 Å². The number of rotatable bonds is 7. The Labute approximate surface area is 173 Å². The maximum absolute atomic E-state index is 13.3. The van der Waals surface area contributed by atoms with Gasteiger partial charge in [0.2, 0.25) is 0 Å². The molecule has 1 aliphatic rings. The third kappa shape index (κ3) is 4.42. The summed E-state index contributed by atoms with van der Waals surface area (Å²) in [5.74, 6) is 0.650. The van der Waals surface area contributed by atoms with Crippen molar-refractivity contribution in [3.8, 4) is 5.75 Å². The minimum atomic E-state index is -0.128. The number of anilines is 1. The van der Waals surface area contributed by atoms with Crippen LogP contribution in [0.4, 0.5) is 5.13 Å². The van der Waals surface area contributed by atoms with E-state index in [-0.39, 0.29) is 5.91 Å². The van der Waals surface area contributed by atoms with Crippen LogP contribution in [0.25, 0.3) is 10.2 Å². The van der Waals surface area contributed by atoms with Gasteiger partial charge in [0, 0.05) is 38.9 Å². The second-order valence-electron chi connectivity index (χ2n) is 6.80. The molecular formula is C20H25N5O3S. The first kappa shape index (κ1) is 19.8. The zero-order valence-corrected chi connectivity index (χ0v) is 17.5. The van der Waals surface area contributed by atoms with Gasteiger partial charge in [-0.3, -0.25) is 19.3 Å². The van der Waals surface area contributed by atoms with Gasteiger partial charge in [-0.1, -0.05) is 11.3 Å². The van der Waals surface area contributed by atoms with E-state index >= 15 is 0 Å². The van der Waals surface area contributed by atoms with E-state index in [1.165, 1.54) is 11.3 Å². The number of hydrogen-bond donors (Lipinski definition) is 0. The number of ether oxygens (including phenoxy) is 2. The predicted molar refractivity (Wildman–Crippen MR) is 113 cm³/mol. The number of thiazole rings is 1. The summed E-state index contributed by atoms with van der Waals surface area (Å²) in [6.45, 7) is 7.26. The molecule has 29 heavy (non-hydrogen) atoms. The fourth-order valence-electron chi connectivity index (χ4n) is 3.28. The van der Waals surface area contributed by atoms with E-state index in [1.54, 1.807) is 22.8 Å². The topological polar surface area (TPSA) is 72.7 Å². The number of carbonyl (C=O) groups is 1. The lowest BCUT2D eigenvalue weighted by atomic mass is 10.3. The maximum atomic E-state index is 13.3. The lowest BCUT2D eigenvalue weighted by Gasteiger charge is -2.29. The van der Waals surface area contributed by atoms with E-state index in [0.29, 0.717) is 17.4 Å². The molecule has 1 fully saturated rings. The number of nitrogens with zero attached hydrogens (tertiary/aromatic N) is 5. The Kier molecular flexibility index (Phi) is 6.08. The largest absolute Gasteiger partial charge is 0.497 e. The highest BCUT2D eigenvalue weighted by atomic mass is 32.1. The fraction of sp³-hybridized carbons (Fsp3) is 0.450. The molecular weight excluding hydrogens is 390 g/mol. The van der Waals surface area contributed by atoms with Gasteiger partial charge in [-0.15, -0.1) is 0 Å². The molecule has 154 valence electrons. The van der Waals surface area contributed by atoms with Gasteiger partial charge in [0.05, 0.1) is 30.5 Å². The summed E-state index contributed by atoms with van der Waals surface area (Å²) < 4.78 is 13.5. The maximum Gasteiger partial charge on any atom is 0.280 e. The van der Waals surface area contributed by atoms with Crippen molar-refractivity contribution < 1.29 is 14.3 Å². The number of methoxy groups -OCH3 is 1. The number of hydrogen-bond acceptors (Lipinski definition) is 7. The molecule has 0 unspecified atom stereocenters. The number of morpholine rings is 1. The zero-order chi connectivity index (χ0) is 20.2. The summed E-state index contributed by atoms with van der Waals surface area (Å²) in [5.41, 5.74) is 1.29. The molecule has 1 saturated heterocycles. The van der Waals surface area contributed by atoms with Crippen molar-refractivity contribution in [2.45, 2.75) is 13.5 Å². The third-order valence-electron chi connectivity index (χ3n) is 4.99. The fourth-order valence-corrected chi connectivity index (χ4v) is 4.29. The van der Waals surface area contributed by atoms with Crippen LogP contribution in [0.3, 0.4) is 0 Å². The minimum absolute atomic E-state index is 0.128. The van der Waals surface area contributed by atoms with Gasteiger partial charge in [0.1, 0.15) is 5.75 Å². The highest BCUT2D eigenvalue weighted by Crippen LogP contribution is 2.32. The summed E-state index contributed by atoms with van der Waals surface area (Å²) >= 11 is 1.49. The molecule has 0 N–H and O–H groups in total. The number of carbonyl (C=O) groups excluding carboxylic acids is 1. The molecule has 0 aliphatic carbocycles. The monoisotopic (exact) mass is 415 g/mol. The van der Waals surface area contributed by atoms with E-state index in [1.807, 2.05) is 31.3 Å². The van der Waals surface area contributed by atoms with E-state index in [9.17, 15) is 4.79 Å². The third-order valence-corrected chi connectivity index (χ3v) is 6.03. The molecule has 1 aromatic carbocycles. The molecule has 0 atom stereocenters. The van der Waals surface area contributed by atoms with Crippen molar-refractivity contribution in [2.24, 2.45) is 0 Å². The van der Waals surface area contributed by atoms with Gasteiger partial charge in [0.25, 0.3) is 5.91 Å². The first-order chi connectivity index (χ1) is 14.2. The molecule has 8 nitrogen and oxygen atoms in total. The molecule has 1 aliphatic heterocycles. The van der Waals surface area contributed by atoms with Crippen LogP contribution in [-0.4, -0.2) is 72.1 Å². The number of aryl methyl sites for hydroxylation is 1. The van der Waals surface area contributed by atoms with Crippen molar-refractivity contribution in [3.05, 3.63) is 36.2 Å². The molecule has 3 aromatic rings. The highest BCUT2D eigenvalue weighted by Gasteiger charge is 2.24. The number of aromatic nitrogens is 3. The van der Waals surface area contributed by atoms with Crippen LogP contribution in [0.2, 0.25) is 0 Å². The van der Waals surface area contributed by atoms with Crippen LogP contribution in [0.15, 0.2) is 30.5 Å². The summed E-state index contributed by atoms with van der Waals surface area (Å²) in [6.07, 6.45) is 1.83. The second-order valence-corrected chi connectivity index (χ2v) is 7.81. The normalized spacial score (nSPS) is 15.0. The number of amides is 1. The van der Waals surface area contributed by atoms with Crippen molar-refractivity contribution in [1.82, 2.24) is 19.7 Å². The molecule has 1 amide bonds. The minimum Gasteiger partial charge on any atom is -0.497 e. The Morgan fingerprint density at radius 2 is 2.14 bits per heavy atom. The zero-order valence-electron chi connectivity index (χ0n) is 16.7. The van der Waals surface area contributed by atoms with Crippen LogP contribution in [0, 0.1) is 0 Å². The molecule has 4 rings (SSSR count). The average Bonchev–Trinajstić information content (AvgIpc) is 3.41. The molecule has 0 saturated carbocycles. The first-order valence-electron chi connectivity index (χ1n) is 9.78. The predicted octanol–water partition coefficient (Wildman–Crippen LogP) is 2.50. The lowest BCUT2D eigenvalue weighted by Crippen LogP contribution is -2.43. The van der Waals surface area contributed by atoms with Crippen molar-refractivity contribution >= 4 is 32.6 Å². The SMILES string of the molecule is CCn1ccc(C(=O)N(CCN2CCOCC2)c2nc3ccc(OC)cc3s2)n1. The smallest absolute Gasteiger partial charge is 0.280 e. The molecule has 9 heteroatoms. The molecule has 0 bridgehead atoms. The van der Waals surface area contributed by atoms with Crippen LogP contribution in [-0.2, 0) is 11.3 Å². The van der Waals surface area contributed by atoms with Gasteiger partial charge >= 0.3 is 0 Å². The Hall–Kier alpha value is -2.49. The van der Waals surface area contributed by atoms with Gasteiger partial charge < -0.3 is 9.47 Å². The van der Waals surface area contributed by atoms with E-state index in [2.05, 4.69) is 10.00 Å². The van der Waals surface area contributed by atoms with Crippen LogP contribution in [0.5, 0.6) is 5.75 Å². The van der Waals surface area contributed by atoms with Crippen LogP contribution >= 0.6 is 11.3 Å². The van der Waals surface area contributed by atoms with Gasteiger partial charge in [-0.05, 0) is 31.2 Å². The Morgan fingerprint density at radius 1 is 1.31 bits per heavy atom. The standard InChI is InChI=1S/C20H25N5O3S/c1-3-24-7-6-17(22-24)19(26)25(9-8-23-10-12-28-13-11-23)20-21-16-5-4-15(27-2)14-18(16)29-20/h4-7,14H,3,8-13H2,1-2H3. The summed E-state index contributed by atoms with van der Waals surface area (Å²) in [5, 5.41) is 5.08. The van der Waals surface area contributed by atoms with Gasteiger partial charge in [0.15, 0.2) is 10.8 Å². The Morgan fingerprint density at radius 3 is 2.86 bits per heavy atom. The quantitative estimate of drug-likeness (QED) is 0.590. The Bertz CT molecular complexity index is 980. The van der Waals surface area contributed by atoms with Crippen molar-refractivity contribution in [3.63, 3.8) is 0 Å². The van der Waals surface area contributed by atoms with E-state index in [0.717, 1.165) is 55.4 Å². The van der Waals surface area contributed by atoms with E-state index in [4.69, 9.17) is 14.5 Å². The van der Waals surface area contributed by atoms with Crippen LogP contribution in [0.1, 0.15) is 17.4 Å². The van der Waals surface area contributed by atoms with Crippen molar-refractivity contribution in [1.29, 1.82) is 0 Å². The highest BCUT2D eigenvalue weighted by molar-refractivity contribution is 7.22. The molecule has 3 heterocycles. The van der Waals surface area contributed by atoms with Crippen LogP contribution < -0.4 is 9.64 Å².